The van der Waals surface area contributed by atoms with Crippen molar-refractivity contribution in [3.8, 4) is 0 Å². The number of aliphatic hydroxyl groups excluding tert-OH is 1. The lowest BCUT2D eigenvalue weighted by Crippen LogP contribution is -2.16. The first-order chi connectivity index (χ1) is 3.66. The van der Waals surface area contributed by atoms with Gasteiger partial charge in [-0.2, -0.15) is 0 Å². The molecular formula is C4H8O4. The molecule has 0 aromatic heterocycles. The molecule has 0 saturated carbocycles. The Morgan fingerprint density at radius 2 is 2.38 bits per heavy atom. The van der Waals surface area contributed by atoms with Crippen molar-refractivity contribution in [2.75, 3.05) is 6.61 Å². The third-order valence-electron chi connectivity index (χ3n) is 0.559. The Bertz CT molecular complexity index is 80.1. The maximum atomic E-state index is 9.64. The molecule has 8 heavy (non-hydrogen) atoms. The Balaban J connectivity index is 3.24. The molecule has 0 saturated heterocycles. The molecule has 1 unspecified atom stereocenters. The normalized spacial score (nSPS) is 12.8. The molecule has 0 bridgehead atoms. The van der Waals surface area contributed by atoms with Gasteiger partial charge >= 0.3 is 6.16 Å². The second-order valence-corrected chi connectivity index (χ2v) is 1.38. The van der Waals surface area contributed by atoms with Crippen LogP contribution in [0.2, 0.25) is 0 Å². The van der Waals surface area contributed by atoms with Gasteiger partial charge in [0.05, 0.1) is 6.61 Å². The highest BCUT2D eigenvalue weighted by Crippen LogP contribution is 1.86. The van der Waals surface area contributed by atoms with Gasteiger partial charge in [-0.15, -0.1) is 0 Å². The van der Waals surface area contributed by atoms with Crippen molar-refractivity contribution in [2.24, 2.45) is 0 Å². The lowest BCUT2D eigenvalue weighted by atomic mass is 10.4. The lowest BCUT2D eigenvalue weighted by molar-refractivity contribution is 0.0327. The first-order valence-electron chi connectivity index (χ1n) is 2.17. The van der Waals surface area contributed by atoms with Crippen LogP contribution in [0.1, 0.15) is 6.92 Å². The number of carboxylic acid groups (broad SMARTS) is 1. The molecule has 0 aliphatic heterocycles. The fourth-order valence-corrected chi connectivity index (χ4v) is 0.209. The summed E-state index contributed by atoms with van der Waals surface area (Å²) >= 11 is 0. The Morgan fingerprint density at radius 1 is 1.88 bits per heavy atom. The standard InChI is InChI=1S/C4H8O4/c1-3(2-5)8-4(6)7/h3,5H,2H2,1H3,(H,6,7). The summed E-state index contributed by atoms with van der Waals surface area (Å²) in [4.78, 5) is 9.64. The van der Waals surface area contributed by atoms with Crippen LogP contribution in [0.3, 0.4) is 0 Å². The van der Waals surface area contributed by atoms with Crippen molar-refractivity contribution in [3.63, 3.8) is 0 Å². The SMILES string of the molecule is CC(CO)OC(=O)O. The van der Waals surface area contributed by atoms with Gasteiger partial charge in [0.1, 0.15) is 6.10 Å². The Labute approximate surface area is 46.7 Å². The third kappa shape index (κ3) is 3.42. The molecule has 0 radical (unpaired) electrons. The predicted molar refractivity (Wildman–Crippen MR) is 25.7 cm³/mol. The highest BCUT2D eigenvalue weighted by Gasteiger charge is 2.03. The molecule has 0 heterocycles. The van der Waals surface area contributed by atoms with Gasteiger partial charge < -0.3 is 14.9 Å². The predicted octanol–water partition coefficient (Wildman–Crippen LogP) is 0.0618. The van der Waals surface area contributed by atoms with Crippen molar-refractivity contribution >= 4 is 6.16 Å². The van der Waals surface area contributed by atoms with E-state index in [0.717, 1.165) is 0 Å². The van der Waals surface area contributed by atoms with E-state index in [2.05, 4.69) is 4.74 Å². The van der Waals surface area contributed by atoms with E-state index in [0.29, 0.717) is 0 Å². The summed E-state index contributed by atoms with van der Waals surface area (Å²) in [7, 11) is 0. The summed E-state index contributed by atoms with van der Waals surface area (Å²) in [6.07, 6.45) is -1.97. The molecular weight excluding hydrogens is 112 g/mol. The maximum Gasteiger partial charge on any atom is 0.506 e. The van der Waals surface area contributed by atoms with Crippen molar-refractivity contribution in [1.29, 1.82) is 0 Å². The first-order valence-corrected chi connectivity index (χ1v) is 2.17. The Morgan fingerprint density at radius 3 is 2.50 bits per heavy atom. The topological polar surface area (TPSA) is 66.8 Å². The van der Waals surface area contributed by atoms with Crippen LogP contribution in [0.4, 0.5) is 4.79 Å². The minimum absolute atomic E-state index is 0.272. The van der Waals surface area contributed by atoms with Gasteiger partial charge in [0.25, 0.3) is 0 Å². The van der Waals surface area contributed by atoms with E-state index in [4.69, 9.17) is 10.2 Å². The highest BCUT2D eigenvalue weighted by atomic mass is 16.7. The first kappa shape index (κ1) is 7.23. The van der Waals surface area contributed by atoms with Crippen LogP contribution in [-0.2, 0) is 4.74 Å². The fraction of sp³-hybridized carbons (Fsp3) is 0.750. The number of ether oxygens (including phenoxy) is 1. The van der Waals surface area contributed by atoms with Crippen LogP contribution in [0.25, 0.3) is 0 Å². The molecule has 0 amide bonds. The number of aliphatic hydroxyl groups is 1. The molecule has 0 aromatic rings. The summed E-state index contributed by atoms with van der Waals surface area (Å²) in [6, 6.07) is 0. The van der Waals surface area contributed by atoms with Gasteiger partial charge in [-0.1, -0.05) is 0 Å². The van der Waals surface area contributed by atoms with Crippen LogP contribution >= 0.6 is 0 Å². The van der Waals surface area contributed by atoms with Crippen LogP contribution in [0, 0.1) is 0 Å². The van der Waals surface area contributed by atoms with E-state index < -0.39 is 12.3 Å². The number of hydrogen-bond acceptors (Lipinski definition) is 3. The van der Waals surface area contributed by atoms with E-state index in [9.17, 15) is 4.79 Å². The van der Waals surface area contributed by atoms with Crippen molar-refractivity contribution in [2.45, 2.75) is 13.0 Å². The zero-order valence-corrected chi connectivity index (χ0v) is 4.50. The van der Waals surface area contributed by atoms with Gasteiger partial charge in [-0.3, -0.25) is 0 Å². The maximum absolute atomic E-state index is 9.64. The van der Waals surface area contributed by atoms with Crippen molar-refractivity contribution < 1.29 is 19.7 Å². The van der Waals surface area contributed by atoms with Gasteiger partial charge in [0.2, 0.25) is 0 Å². The summed E-state index contributed by atoms with van der Waals surface area (Å²) in [5, 5.41) is 16.1. The van der Waals surface area contributed by atoms with E-state index in [1.807, 2.05) is 0 Å². The zero-order chi connectivity index (χ0) is 6.57. The van der Waals surface area contributed by atoms with Crippen LogP contribution in [0.5, 0.6) is 0 Å². The molecule has 0 aliphatic rings. The average molecular weight is 120 g/mol. The molecule has 1 atom stereocenters. The molecule has 2 N–H and O–H groups in total. The Kier molecular flexibility index (Phi) is 2.95. The van der Waals surface area contributed by atoms with E-state index in [1.54, 1.807) is 0 Å². The monoisotopic (exact) mass is 120 g/mol. The van der Waals surface area contributed by atoms with Crippen LogP contribution < -0.4 is 0 Å². The van der Waals surface area contributed by atoms with Crippen molar-refractivity contribution in [1.82, 2.24) is 0 Å². The quantitative estimate of drug-likeness (QED) is 0.506. The molecule has 0 aliphatic carbocycles. The molecule has 0 rings (SSSR count). The second-order valence-electron chi connectivity index (χ2n) is 1.38. The average Bonchev–Trinajstić information content (AvgIpc) is 1.65. The molecule has 0 fully saturated rings. The van der Waals surface area contributed by atoms with Gasteiger partial charge in [0.15, 0.2) is 0 Å². The largest absolute Gasteiger partial charge is 0.506 e. The van der Waals surface area contributed by atoms with Gasteiger partial charge in [-0.05, 0) is 6.92 Å². The van der Waals surface area contributed by atoms with E-state index in [-0.39, 0.29) is 6.61 Å². The summed E-state index contributed by atoms with van der Waals surface area (Å²) in [5.41, 5.74) is 0. The highest BCUT2D eigenvalue weighted by molar-refractivity contribution is 5.56. The molecule has 0 spiro atoms. The Hall–Kier alpha value is -0.770. The lowest BCUT2D eigenvalue weighted by Gasteiger charge is -2.04. The molecule has 48 valence electrons. The summed E-state index contributed by atoms with van der Waals surface area (Å²) < 4.78 is 4.07. The second kappa shape index (κ2) is 3.26. The number of carbonyl (C=O) groups is 1. The van der Waals surface area contributed by atoms with Crippen LogP contribution in [-0.4, -0.2) is 29.1 Å². The number of rotatable bonds is 2. The smallest absolute Gasteiger partial charge is 0.450 e. The molecule has 0 aromatic carbocycles. The van der Waals surface area contributed by atoms with E-state index >= 15 is 0 Å². The zero-order valence-electron chi connectivity index (χ0n) is 4.50. The van der Waals surface area contributed by atoms with Gasteiger partial charge in [-0.25, -0.2) is 4.79 Å². The summed E-state index contributed by atoms with van der Waals surface area (Å²) in [6.45, 7) is 1.19. The third-order valence-corrected chi connectivity index (χ3v) is 0.559. The molecule has 4 heteroatoms. The number of hydrogen-bond donors (Lipinski definition) is 2. The molecule has 4 nitrogen and oxygen atoms in total. The minimum Gasteiger partial charge on any atom is -0.450 e. The van der Waals surface area contributed by atoms with Crippen molar-refractivity contribution in [3.05, 3.63) is 0 Å². The summed E-state index contributed by atoms with van der Waals surface area (Å²) in [5.74, 6) is 0. The van der Waals surface area contributed by atoms with Gasteiger partial charge in [0, 0.05) is 0 Å². The fourth-order valence-electron chi connectivity index (χ4n) is 0.209. The minimum atomic E-state index is -1.36. The van der Waals surface area contributed by atoms with Crippen LogP contribution in [0.15, 0.2) is 0 Å². The van der Waals surface area contributed by atoms with E-state index in [1.165, 1.54) is 6.92 Å².